The molecule has 0 saturated heterocycles. The lowest BCUT2D eigenvalue weighted by molar-refractivity contribution is 1.22. The third-order valence-corrected chi connectivity index (χ3v) is 23.9. The molecule has 0 heterocycles. The van der Waals surface area contributed by atoms with Gasteiger partial charge in [-0.2, -0.15) is 0 Å². The van der Waals surface area contributed by atoms with Crippen molar-refractivity contribution in [1.29, 1.82) is 0 Å². The number of benzene rings is 18. The Morgan fingerprint density at radius 2 is 0.432 bits per heavy atom. The van der Waals surface area contributed by atoms with Gasteiger partial charge in [0.05, 0.1) is 0 Å². The van der Waals surface area contributed by atoms with Crippen LogP contribution in [0.15, 0.2) is 328 Å². The Balaban J connectivity index is 0.000000207. The van der Waals surface area contributed by atoms with Crippen LogP contribution in [0.3, 0.4) is 0 Å². The molecule has 6 aliphatic carbocycles. The molecule has 18 aromatic rings. The molecule has 0 amide bonds. The van der Waals surface area contributed by atoms with Crippen LogP contribution in [-0.2, 0) is 38.5 Å². The Hall–Kier alpha value is -12.5. The zero-order chi connectivity index (χ0) is 96.7. The molecule has 0 fully saturated rings. The van der Waals surface area contributed by atoms with Gasteiger partial charge < -0.3 is 0 Å². The third-order valence-electron chi connectivity index (χ3n) is 23.9. The maximum absolute atomic E-state index is 2.36. The summed E-state index contributed by atoms with van der Waals surface area (Å²) < 4.78 is 0. The molecule has 0 aliphatic heterocycles. The second kappa shape index (κ2) is 54.4. The maximum atomic E-state index is 2.36. The number of rotatable bonds is 0. The first-order valence-electron chi connectivity index (χ1n) is 50.6. The van der Waals surface area contributed by atoms with Gasteiger partial charge in [0.15, 0.2) is 0 Å². The molecule has 684 valence electrons. The molecular formula is C132H156. The molecule has 0 bridgehead atoms. The minimum absolute atomic E-state index is 1.08. The molecule has 132 heavy (non-hydrogen) atoms. The summed E-state index contributed by atoms with van der Waals surface area (Å²) in [6, 6.07) is 120. The quantitative estimate of drug-likeness (QED) is 0.142. The summed E-state index contributed by atoms with van der Waals surface area (Å²) in [5, 5.41) is 16.6. The van der Waals surface area contributed by atoms with Gasteiger partial charge in [-0.3, -0.25) is 0 Å². The summed E-state index contributed by atoms with van der Waals surface area (Å²) in [4.78, 5) is 0. The lowest BCUT2D eigenvalue weighted by Gasteiger charge is -2.09. The Morgan fingerprint density at radius 3 is 0.924 bits per heavy atom. The van der Waals surface area contributed by atoms with Crippen molar-refractivity contribution in [2.75, 3.05) is 0 Å². The highest BCUT2D eigenvalue weighted by molar-refractivity contribution is 6.07. The van der Waals surface area contributed by atoms with Gasteiger partial charge in [-0.15, -0.1) is 0 Å². The average molecular weight is 1740 g/mol. The van der Waals surface area contributed by atoms with Crippen molar-refractivity contribution in [2.45, 2.75) is 246 Å². The van der Waals surface area contributed by atoms with Gasteiger partial charge in [0.1, 0.15) is 0 Å². The maximum Gasteiger partial charge on any atom is -0.00106 e. The van der Waals surface area contributed by atoms with Crippen molar-refractivity contribution in [3.05, 3.63) is 428 Å². The predicted octanol–water partition coefficient (Wildman–Crippen LogP) is 40.6. The highest BCUT2D eigenvalue weighted by atomic mass is 14.3. The van der Waals surface area contributed by atoms with E-state index >= 15 is 0 Å². The van der Waals surface area contributed by atoms with E-state index in [2.05, 4.69) is 369 Å². The molecule has 0 saturated carbocycles. The lowest BCUT2D eigenvalue weighted by Crippen LogP contribution is -1.88. The van der Waals surface area contributed by atoms with Crippen molar-refractivity contribution < 1.29 is 0 Å². The Labute approximate surface area is 799 Å². The van der Waals surface area contributed by atoms with Crippen LogP contribution in [0, 0.1) is 41.5 Å². The van der Waals surface area contributed by atoms with Crippen molar-refractivity contribution in [1.82, 2.24) is 0 Å². The standard InChI is InChI=1S/6C18H14.12C2H6/c1-12-10-13-6-2-4-8-15(13)18-16-9-5-3-7-14(16)11-17(12)18;1-12-5-4-7-13-9-10-15-11-14-6-2-3-8-16(14)18(15)17(12)13;1-12-10-14-11-13-6-2-3-8-16(13)18(14)17-9-5-4-7-15(12)17;1-12-5-4-8-17-15(12)10-9-14-11-13-6-2-3-7-16(13)18(14)17;1-12-6-9-17-14(10-12)7-8-15-11-13-4-2-3-5-16(13)18(15)17;1-12-6-7-13-8-9-15-11-14-4-2-3-5-16(14)18(15)17(13)10-12;12*1-2/h6*2-10H,11H2,1H3;12*1-2H3. The van der Waals surface area contributed by atoms with E-state index in [1.165, 1.54) is 232 Å². The Bertz CT molecular complexity index is 6580. The van der Waals surface area contributed by atoms with E-state index in [0.717, 1.165) is 38.5 Å². The van der Waals surface area contributed by atoms with E-state index in [1.54, 1.807) is 0 Å². The van der Waals surface area contributed by atoms with E-state index in [1.807, 2.05) is 166 Å². The Morgan fingerprint density at radius 1 is 0.144 bits per heavy atom. The summed E-state index contributed by atoms with van der Waals surface area (Å²) in [5.41, 5.74) is 43.1. The highest BCUT2D eigenvalue weighted by Gasteiger charge is 2.27. The predicted molar refractivity (Wildman–Crippen MR) is 598 cm³/mol. The monoisotopic (exact) mass is 1740 g/mol. The zero-order valence-electron chi connectivity index (χ0n) is 86.4. The molecule has 18 aromatic carbocycles. The number of hydrogen-bond donors (Lipinski definition) is 0. The molecule has 0 radical (unpaired) electrons. The first-order valence-corrected chi connectivity index (χ1v) is 50.6. The molecule has 0 nitrogen and oxygen atoms in total. The highest BCUT2D eigenvalue weighted by Crippen LogP contribution is 2.49. The van der Waals surface area contributed by atoms with Crippen LogP contribution in [0.25, 0.3) is 131 Å². The van der Waals surface area contributed by atoms with E-state index in [-0.39, 0.29) is 0 Å². The van der Waals surface area contributed by atoms with Crippen LogP contribution >= 0.6 is 0 Å². The Kier molecular flexibility index (Phi) is 43.9. The van der Waals surface area contributed by atoms with Gasteiger partial charge >= 0.3 is 0 Å². The van der Waals surface area contributed by atoms with Crippen LogP contribution in [0.1, 0.15) is 266 Å². The lowest BCUT2D eigenvalue weighted by atomic mass is 9.95. The van der Waals surface area contributed by atoms with E-state index in [9.17, 15) is 0 Å². The number of fused-ring (bicyclic) bond motifs is 30. The van der Waals surface area contributed by atoms with Gasteiger partial charge in [0, 0.05) is 0 Å². The van der Waals surface area contributed by atoms with Gasteiger partial charge in [-0.05, 0) is 300 Å². The van der Waals surface area contributed by atoms with Gasteiger partial charge in [-0.25, -0.2) is 0 Å². The van der Waals surface area contributed by atoms with Crippen molar-refractivity contribution in [2.24, 2.45) is 0 Å². The third kappa shape index (κ3) is 23.3. The molecule has 0 aromatic heterocycles. The van der Waals surface area contributed by atoms with E-state index in [0.29, 0.717) is 0 Å². The largest absolute Gasteiger partial charge is 0.0683 e. The first-order chi connectivity index (χ1) is 65.0. The normalized spacial score (nSPS) is 10.8. The SMILES string of the molecule is CC.CC.CC.CC.CC.CC.CC.CC.CC.CC.CC.CC.Cc1cc2c(c3ccccc13)-c1ccccc1C2.Cc1cc2ccccc2c2c1Cc1ccccc1-2.Cc1ccc2c3c(ccc2c1)Cc1ccccc1-3.Cc1ccc2ccc3c(c2c1)-c1ccccc1C3.Cc1cccc2c3c(ccc12)Cc1ccccc1-3.Cc1cccc2ccc3c(c12)-c1ccccc1C3. The molecule has 24 rings (SSSR count). The molecule has 0 N–H and O–H groups in total. The van der Waals surface area contributed by atoms with Crippen LogP contribution in [-0.4, -0.2) is 0 Å². The molecule has 0 spiro atoms. The van der Waals surface area contributed by atoms with Gasteiger partial charge in [0.25, 0.3) is 0 Å². The topological polar surface area (TPSA) is 0 Å². The minimum Gasteiger partial charge on any atom is -0.0683 e. The fraction of sp³-hybridized carbons (Fsp3) is 0.273. The molecule has 0 atom stereocenters. The van der Waals surface area contributed by atoms with Crippen LogP contribution in [0.5, 0.6) is 0 Å². The fourth-order valence-corrected chi connectivity index (χ4v) is 18.9. The number of hydrogen-bond acceptors (Lipinski definition) is 0. The molecular weight excluding hydrogens is 1590 g/mol. The summed E-state index contributed by atoms with van der Waals surface area (Å²) >= 11 is 0. The second-order valence-electron chi connectivity index (χ2n) is 30.7. The fourth-order valence-electron chi connectivity index (χ4n) is 18.9. The van der Waals surface area contributed by atoms with E-state index < -0.39 is 0 Å². The summed E-state index contributed by atoms with van der Waals surface area (Å²) in [6.07, 6.45) is 6.48. The summed E-state index contributed by atoms with van der Waals surface area (Å²) in [5.74, 6) is 0. The summed E-state index contributed by atoms with van der Waals surface area (Å²) in [7, 11) is 0. The molecule has 0 unspecified atom stereocenters. The van der Waals surface area contributed by atoms with Crippen LogP contribution in [0.2, 0.25) is 0 Å². The first kappa shape index (κ1) is 107. The second-order valence-corrected chi connectivity index (χ2v) is 30.7. The van der Waals surface area contributed by atoms with E-state index in [4.69, 9.17) is 0 Å². The van der Waals surface area contributed by atoms with Crippen molar-refractivity contribution in [3.8, 4) is 66.8 Å². The van der Waals surface area contributed by atoms with Gasteiger partial charge in [-0.1, -0.05) is 505 Å². The van der Waals surface area contributed by atoms with Crippen LogP contribution in [0.4, 0.5) is 0 Å². The minimum atomic E-state index is 1.08. The van der Waals surface area contributed by atoms with Crippen molar-refractivity contribution in [3.63, 3.8) is 0 Å². The molecule has 6 aliphatic rings. The summed E-state index contributed by atoms with van der Waals surface area (Å²) in [6.45, 7) is 61.2. The van der Waals surface area contributed by atoms with Crippen LogP contribution < -0.4 is 0 Å². The van der Waals surface area contributed by atoms with Gasteiger partial charge in [0.2, 0.25) is 0 Å². The average Bonchev–Trinajstić information content (AvgIpc) is 1.84. The smallest absolute Gasteiger partial charge is 0.00106 e. The van der Waals surface area contributed by atoms with Crippen molar-refractivity contribution >= 4 is 64.6 Å². The number of aryl methyl sites for hydroxylation is 6. The zero-order valence-corrected chi connectivity index (χ0v) is 86.4. The molecule has 0 heteroatoms.